The molecule has 2 rings (SSSR count). The Bertz CT molecular complexity index is 347. The van der Waals surface area contributed by atoms with Crippen LogP contribution in [0.1, 0.15) is 25.7 Å². The number of rotatable bonds is 2. The number of hydrogen-bond acceptors (Lipinski definition) is 2. The first-order valence-corrected chi connectivity index (χ1v) is 5.65. The summed E-state index contributed by atoms with van der Waals surface area (Å²) in [5, 5.41) is 4.10. The Balaban J connectivity index is 1.96. The van der Waals surface area contributed by atoms with Crippen molar-refractivity contribution < 1.29 is 4.79 Å². The summed E-state index contributed by atoms with van der Waals surface area (Å²) in [7, 11) is 0. The van der Waals surface area contributed by atoms with E-state index in [2.05, 4.69) is 5.32 Å². The minimum atomic E-state index is 0.299. The summed E-state index contributed by atoms with van der Waals surface area (Å²) in [5.41, 5.74) is 1.04. The summed E-state index contributed by atoms with van der Waals surface area (Å²) in [6, 6.07) is 7.90. The van der Waals surface area contributed by atoms with Crippen LogP contribution in [-0.4, -0.2) is 11.8 Å². The van der Waals surface area contributed by atoms with Gasteiger partial charge in [0, 0.05) is 29.6 Å². The number of Topliss-reactive ketones (excluding diaryl/α,β-unsaturated/α-hetero) is 1. The molecule has 0 heterocycles. The molecule has 1 aliphatic rings. The molecule has 1 saturated carbocycles. The summed E-state index contributed by atoms with van der Waals surface area (Å²) in [5.74, 6) is 0.368. The van der Waals surface area contributed by atoms with Crippen molar-refractivity contribution in [3.05, 3.63) is 29.3 Å². The zero-order chi connectivity index (χ0) is 10.7. The van der Waals surface area contributed by atoms with Crippen LogP contribution in [0.2, 0.25) is 5.02 Å². The van der Waals surface area contributed by atoms with Gasteiger partial charge in [-0.25, -0.2) is 0 Å². The van der Waals surface area contributed by atoms with Gasteiger partial charge in [0.2, 0.25) is 0 Å². The number of hydrogen-bond donors (Lipinski definition) is 1. The summed E-state index contributed by atoms with van der Waals surface area (Å²) >= 11 is 5.80. The van der Waals surface area contributed by atoms with Crippen LogP contribution in [0, 0.1) is 0 Å². The zero-order valence-corrected chi connectivity index (χ0v) is 9.26. The van der Waals surface area contributed by atoms with Gasteiger partial charge in [-0.15, -0.1) is 0 Å². The van der Waals surface area contributed by atoms with Gasteiger partial charge >= 0.3 is 0 Å². The second-order valence-electron chi connectivity index (χ2n) is 3.98. The highest BCUT2D eigenvalue weighted by molar-refractivity contribution is 6.30. The number of halogens is 1. The molecule has 1 aliphatic carbocycles. The molecule has 1 atom stereocenters. The van der Waals surface area contributed by atoms with Crippen LogP contribution in [0.3, 0.4) is 0 Å². The molecule has 0 radical (unpaired) electrons. The molecule has 0 amide bonds. The van der Waals surface area contributed by atoms with Crippen LogP contribution >= 0.6 is 11.6 Å². The van der Waals surface area contributed by atoms with Crippen LogP contribution in [0.25, 0.3) is 0 Å². The SMILES string of the molecule is O=C1CCCC(Nc2ccc(Cl)cc2)C1. The maximum absolute atomic E-state index is 11.3. The Morgan fingerprint density at radius 1 is 1.27 bits per heavy atom. The van der Waals surface area contributed by atoms with Crippen LogP contribution in [0.5, 0.6) is 0 Å². The fourth-order valence-electron chi connectivity index (χ4n) is 1.93. The standard InChI is InChI=1S/C12H14ClNO/c13-9-4-6-10(7-5-9)14-11-2-1-3-12(15)8-11/h4-7,11,14H,1-3,8H2. The summed E-state index contributed by atoms with van der Waals surface area (Å²) in [6.07, 6.45) is 3.49. The third kappa shape index (κ3) is 2.96. The maximum atomic E-state index is 11.3. The van der Waals surface area contributed by atoms with Crippen molar-refractivity contribution in [2.24, 2.45) is 0 Å². The van der Waals surface area contributed by atoms with Gasteiger partial charge in [0.25, 0.3) is 0 Å². The van der Waals surface area contributed by atoms with Crippen LogP contribution in [0.15, 0.2) is 24.3 Å². The molecule has 1 aromatic rings. The zero-order valence-electron chi connectivity index (χ0n) is 8.50. The quantitative estimate of drug-likeness (QED) is 0.834. The first kappa shape index (κ1) is 10.5. The molecule has 1 N–H and O–H groups in total. The number of anilines is 1. The minimum absolute atomic E-state index is 0.299. The Hall–Kier alpha value is -1.02. The Morgan fingerprint density at radius 3 is 2.67 bits per heavy atom. The lowest BCUT2D eigenvalue weighted by atomic mass is 9.94. The molecule has 2 nitrogen and oxygen atoms in total. The van der Waals surface area contributed by atoms with Gasteiger partial charge in [-0.1, -0.05) is 11.6 Å². The van der Waals surface area contributed by atoms with Gasteiger partial charge in [0.15, 0.2) is 0 Å². The van der Waals surface area contributed by atoms with Gasteiger partial charge < -0.3 is 5.32 Å². The van der Waals surface area contributed by atoms with Gasteiger partial charge in [-0.05, 0) is 37.1 Å². The molecule has 1 aromatic carbocycles. The second-order valence-corrected chi connectivity index (χ2v) is 4.42. The van der Waals surface area contributed by atoms with E-state index in [0.29, 0.717) is 18.2 Å². The fraction of sp³-hybridized carbons (Fsp3) is 0.417. The third-order valence-corrected chi connectivity index (χ3v) is 2.95. The lowest BCUT2D eigenvalue weighted by Gasteiger charge is -2.23. The number of carbonyl (C=O) groups is 1. The minimum Gasteiger partial charge on any atom is -0.382 e. The van der Waals surface area contributed by atoms with Crippen molar-refractivity contribution in [3.63, 3.8) is 0 Å². The van der Waals surface area contributed by atoms with E-state index < -0.39 is 0 Å². The molecule has 0 spiro atoms. The van der Waals surface area contributed by atoms with Crippen molar-refractivity contribution in [2.45, 2.75) is 31.7 Å². The summed E-state index contributed by atoms with van der Waals surface area (Å²) < 4.78 is 0. The number of ketones is 1. The van der Waals surface area contributed by atoms with Crippen molar-refractivity contribution in [3.8, 4) is 0 Å². The largest absolute Gasteiger partial charge is 0.382 e. The monoisotopic (exact) mass is 223 g/mol. The molecule has 15 heavy (non-hydrogen) atoms. The number of carbonyl (C=O) groups excluding carboxylic acids is 1. The average molecular weight is 224 g/mol. The van der Waals surface area contributed by atoms with Crippen molar-refractivity contribution in [2.75, 3.05) is 5.32 Å². The van der Waals surface area contributed by atoms with E-state index in [1.165, 1.54) is 0 Å². The van der Waals surface area contributed by atoms with E-state index in [1.54, 1.807) is 0 Å². The molecule has 1 unspecified atom stereocenters. The van der Waals surface area contributed by atoms with E-state index in [1.807, 2.05) is 24.3 Å². The van der Waals surface area contributed by atoms with Crippen molar-refractivity contribution in [1.29, 1.82) is 0 Å². The highest BCUT2D eigenvalue weighted by Crippen LogP contribution is 2.20. The predicted octanol–water partition coefficient (Wildman–Crippen LogP) is 3.26. The lowest BCUT2D eigenvalue weighted by molar-refractivity contribution is -0.120. The molecule has 1 fully saturated rings. The Labute approximate surface area is 94.6 Å². The first-order chi connectivity index (χ1) is 7.24. The second kappa shape index (κ2) is 4.67. The number of nitrogens with one attached hydrogen (secondary N) is 1. The van der Waals surface area contributed by atoms with Crippen LogP contribution < -0.4 is 5.32 Å². The highest BCUT2D eigenvalue weighted by atomic mass is 35.5. The van der Waals surface area contributed by atoms with E-state index in [-0.39, 0.29) is 0 Å². The molecule has 3 heteroatoms. The average Bonchev–Trinajstić information content (AvgIpc) is 2.22. The van der Waals surface area contributed by atoms with Gasteiger partial charge in [0.1, 0.15) is 5.78 Å². The normalized spacial score (nSPS) is 21.4. The Morgan fingerprint density at radius 2 is 2.00 bits per heavy atom. The molecule has 80 valence electrons. The van der Waals surface area contributed by atoms with Gasteiger partial charge in [-0.3, -0.25) is 4.79 Å². The van der Waals surface area contributed by atoms with Crippen LogP contribution in [0.4, 0.5) is 5.69 Å². The van der Waals surface area contributed by atoms with E-state index in [4.69, 9.17) is 11.6 Å². The predicted molar refractivity (Wildman–Crippen MR) is 62.3 cm³/mol. The first-order valence-electron chi connectivity index (χ1n) is 5.28. The van der Waals surface area contributed by atoms with Gasteiger partial charge in [0.05, 0.1) is 0 Å². The third-order valence-electron chi connectivity index (χ3n) is 2.70. The van der Waals surface area contributed by atoms with Gasteiger partial charge in [-0.2, -0.15) is 0 Å². The molecule has 0 bridgehead atoms. The maximum Gasteiger partial charge on any atom is 0.134 e. The van der Waals surface area contributed by atoms with Crippen molar-refractivity contribution >= 4 is 23.1 Å². The summed E-state index contributed by atoms with van der Waals surface area (Å²) in [4.78, 5) is 11.3. The lowest BCUT2D eigenvalue weighted by Crippen LogP contribution is -2.27. The molecule has 0 aromatic heterocycles. The molecular formula is C12H14ClNO. The van der Waals surface area contributed by atoms with E-state index in [0.717, 1.165) is 30.0 Å². The topological polar surface area (TPSA) is 29.1 Å². The highest BCUT2D eigenvalue weighted by Gasteiger charge is 2.18. The molecule has 0 saturated heterocycles. The molecular weight excluding hydrogens is 210 g/mol. The van der Waals surface area contributed by atoms with Crippen molar-refractivity contribution in [1.82, 2.24) is 0 Å². The smallest absolute Gasteiger partial charge is 0.134 e. The Kier molecular flexibility index (Phi) is 3.27. The number of benzene rings is 1. The fourth-order valence-corrected chi connectivity index (χ4v) is 2.06. The van der Waals surface area contributed by atoms with Crippen LogP contribution in [-0.2, 0) is 4.79 Å². The summed E-state index contributed by atoms with van der Waals surface area (Å²) in [6.45, 7) is 0. The van der Waals surface area contributed by atoms with E-state index in [9.17, 15) is 4.79 Å². The molecule has 0 aliphatic heterocycles. The van der Waals surface area contributed by atoms with E-state index >= 15 is 0 Å².